The number of hydrogen-bond donors (Lipinski definition) is 1. The lowest BCUT2D eigenvalue weighted by Gasteiger charge is -2.20. The predicted octanol–water partition coefficient (Wildman–Crippen LogP) is 4.89. The van der Waals surface area contributed by atoms with Crippen molar-refractivity contribution in [2.24, 2.45) is 0 Å². The number of anilines is 2. The quantitative estimate of drug-likeness (QED) is 0.513. The summed E-state index contributed by atoms with van der Waals surface area (Å²) in [6.45, 7) is 5.97. The van der Waals surface area contributed by atoms with Crippen molar-refractivity contribution in [3.8, 4) is 5.69 Å². The first-order valence-corrected chi connectivity index (χ1v) is 8.62. The first-order valence-electron chi connectivity index (χ1n) is 8.62. The standard InChI is InChI=1S/C20H20N4O4/c1-20(2,3)17-13-18(23(21-17)15-7-5-4-6-8-15)22(19(25)26)14-9-11-16(12-10-14)24(27)28/h4-13H,1-3H3,(H,25,26). The fraction of sp³-hybridized carbons (Fsp3) is 0.200. The second kappa shape index (κ2) is 7.15. The number of hydrogen-bond acceptors (Lipinski definition) is 4. The molecule has 0 radical (unpaired) electrons. The van der Waals surface area contributed by atoms with Gasteiger partial charge in [-0.2, -0.15) is 5.10 Å². The minimum Gasteiger partial charge on any atom is -0.464 e. The molecular formula is C20H20N4O4. The molecule has 0 bridgehead atoms. The Hall–Kier alpha value is -3.68. The highest BCUT2D eigenvalue weighted by Gasteiger charge is 2.27. The number of amides is 1. The lowest BCUT2D eigenvalue weighted by atomic mass is 9.92. The minimum absolute atomic E-state index is 0.110. The Balaban J connectivity index is 2.18. The third-order valence-electron chi connectivity index (χ3n) is 4.20. The number of nitro groups is 1. The molecule has 0 atom stereocenters. The molecule has 0 spiro atoms. The molecule has 0 unspecified atom stereocenters. The van der Waals surface area contributed by atoms with Crippen molar-refractivity contribution in [2.45, 2.75) is 26.2 Å². The van der Waals surface area contributed by atoms with E-state index in [4.69, 9.17) is 0 Å². The van der Waals surface area contributed by atoms with Crippen LogP contribution >= 0.6 is 0 Å². The van der Waals surface area contributed by atoms with Crippen molar-refractivity contribution in [2.75, 3.05) is 4.90 Å². The molecule has 0 aliphatic carbocycles. The summed E-state index contributed by atoms with van der Waals surface area (Å²) in [7, 11) is 0. The number of nitro benzene ring substituents is 1. The van der Waals surface area contributed by atoms with Crippen LogP contribution in [0.25, 0.3) is 5.69 Å². The molecule has 1 aromatic heterocycles. The lowest BCUT2D eigenvalue weighted by molar-refractivity contribution is -0.384. The van der Waals surface area contributed by atoms with Crippen LogP contribution in [0.3, 0.4) is 0 Å². The summed E-state index contributed by atoms with van der Waals surface area (Å²) in [5.41, 5.74) is 1.31. The number of aromatic nitrogens is 2. The van der Waals surface area contributed by atoms with Crippen molar-refractivity contribution < 1.29 is 14.8 Å². The molecule has 0 saturated heterocycles. The highest BCUT2D eigenvalue weighted by molar-refractivity contribution is 5.94. The summed E-state index contributed by atoms with van der Waals surface area (Å²) in [5, 5.41) is 25.4. The first-order chi connectivity index (χ1) is 13.2. The van der Waals surface area contributed by atoms with Crippen LogP contribution in [0.5, 0.6) is 0 Å². The second-order valence-corrected chi connectivity index (χ2v) is 7.28. The van der Waals surface area contributed by atoms with Gasteiger partial charge in [0.2, 0.25) is 0 Å². The van der Waals surface area contributed by atoms with Gasteiger partial charge in [0.25, 0.3) is 5.69 Å². The van der Waals surface area contributed by atoms with E-state index in [1.165, 1.54) is 24.3 Å². The van der Waals surface area contributed by atoms with E-state index < -0.39 is 11.0 Å². The van der Waals surface area contributed by atoms with Gasteiger partial charge in [0.1, 0.15) is 5.82 Å². The Labute approximate surface area is 161 Å². The molecule has 8 heteroatoms. The molecule has 0 aliphatic heterocycles. The molecule has 28 heavy (non-hydrogen) atoms. The van der Waals surface area contributed by atoms with Gasteiger partial charge in [-0.25, -0.2) is 14.4 Å². The van der Waals surface area contributed by atoms with Crippen molar-refractivity contribution in [1.29, 1.82) is 0 Å². The zero-order chi connectivity index (χ0) is 20.5. The Morgan fingerprint density at radius 3 is 2.21 bits per heavy atom. The largest absolute Gasteiger partial charge is 0.464 e. The Kier molecular flexibility index (Phi) is 4.87. The third kappa shape index (κ3) is 3.71. The topological polar surface area (TPSA) is 102 Å². The summed E-state index contributed by atoms with van der Waals surface area (Å²) in [4.78, 5) is 23.6. The predicted molar refractivity (Wildman–Crippen MR) is 106 cm³/mol. The van der Waals surface area contributed by atoms with Crippen LogP contribution in [0.15, 0.2) is 60.7 Å². The molecule has 0 fully saturated rings. The van der Waals surface area contributed by atoms with E-state index in [-0.39, 0.29) is 16.8 Å². The van der Waals surface area contributed by atoms with Gasteiger partial charge in [-0.1, -0.05) is 39.0 Å². The maximum absolute atomic E-state index is 12.1. The van der Waals surface area contributed by atoms with Gasteiger partial charge < -0.3 is 5.11 Å². The SMILES string of the molecule is CC(C)(C)c1cc(N(C(=O)O)c2ccc([N+](=O)[O-])cc2)n(-c2ccccc2)n1. The normalized spacial score (nSPS) is 11.2. The van der Waals surface area contributed by atoms with Crippen molar-refractivity contribution in [1.82, 2.24) is 9.78 Å². The summed E-state index contributed by atoms with van der Waals surface area (Å²) >= 11 is 0. The summed E-state index contributed by atoms with van der Waals surface area (Å²) in [6, 6.07) is 16.3. The smallest absolute Gasteiger partial charge is 0.417 e. The van der Waals surface area contributed by atoms with Gasteiger partial charge in [0, 0.05) is 23.6 Å². The maximum Gasteiger partial charge on any atom is 0.417 e. The Morgan fingerprint density at radius 1 is 1.11 bits per heavy atom. The molecular weight excluding hydrogens is 360 g/mol. The van der Waals surface area contributed by atoms with Crippen LogP contribution in [0.2, 0.25) is 0 Å². The molecule has 1 amide bonds. The molecule has 2 aromatic carbocycles. The number of benzene rings is 2. The van der Waals surface area contributed by atoms with Crippen LogP contribution in [0.4, 0.5) is 22.0 Å². The first kappa shape index (κ1) is 19.1. The average molecular weight is 380 g/mol. The Morgan fingerprint density at radius 2 is 1.71 bits per heavy atom. The van der Waals surface area contributed by atoms with Crippen LogP contribution in [-0.4, -0.2) is 25.9 Å². The highest BCUT2D eigenvalue weighted by Crippen LogP contribution is 2.33. The fourth-order valence-electron chi connectivity index (χ4n) is 2.72. The molecule has 0 saturated carbocycles. The van der Waals surface area contributed by atoms with Gasteiger partial charge in [0.15, 0.2) is 0 Å². The van der Waals surface area contributed by atoms with Crippen LogP contribution < -0.4 is 4.90 Å². The van der Waals surface area contributed by atoms with Crippen LogP contribution in [0, 0.1) is 10.1 Å². The van der Waals surface area contributed by atoms with Gasteiger partial charge in [-0.3, -0.25) is 10.1 Å². The van der Waals surface area contributed by atoms with Crippen molar-refractivity contribution in [3.63, 3.8) is 0 Å². The molecule has 3 aromatic rings. The van der Waals surface area contributed by atoms with Crippen LogP contribution in [0.1, 0.15) is 26.5 Å². The molecule has 1 N–H and O–H groups in total. The zero-order valence-corrected chi connectivity index (χ0v) is 15.7. The third-order valence-corrected chi connectivity index (χ3v) is 4.20. The van der Waals surface area contributed by atoms with Gasteiger partial charge in [-0.05, 0) is 24.3 Å². The molecule has 3 rings (SSSR count). The van der Waals surface area contributed by atoms with Gasteiger partial charge in [-0.15, -0.1) is 0 Å². The van der Waals surface area contributed by atoms with Gasteiger partial charge in [0.05, 0.1) is 22.0 Å². The zero-order valence-electron chi connectivity index (χ0n) is 15.7. The monoisotopic (exact) mass is 380 g/mol. The van der Waals surface area contributed by atoms with E-state index in [1.807, 2.05) is 51.1 Å². The van der Waals surface area contributed by atoms with E-state index >= 15 is 0 Å². The number of non-ortho nitro benzene ring substituents is 1. The summed E-state index contributed by atoms with van der Waals surface area (Å²) in [6.07, 6.45) is -1.22. The van der Waals surface area contributed by atoms with Crippen molar-refractivity contribution >= 4 is 23.3 Å². The summed E-state index contributed by atoms with van der Waals surface area (Å²) < 4.78 is 1.57. The van der Waals surface area contributed by atoms with Crippen molar-refractivity contribution in [3.05, 3.63) is 76.5 Å². The molecule has 144 valence electrons. The number of para-hydroxylation sites is 1. The highest BCUT2D eigenvalue weighted by atomic mass is 16.6. The average Bonchev–Trinajstić information content (AvgIpc) is 3.08. The van der Waals surface area contributed by atoms with E-state index in [1.54, 1.807) is 10.7 Å². The number of carbonyl (C=O) groups is 1. The maximum atomic E-state index is 12.1. The molecule has 1 heterocycles. The van der Waals surface area contributed by atoms with Gasteiger partial charge >= 0.3 is 6.09 Å². The minimum atomic E-state index is -1.22. The van der Waals surface area contributed by atoms with Crippen LogP contribution in [-0.2, 0) is 5.41 Å². The molecule has 0 aliphatic rings. The Bertz CT molecular complexity index is 1000. The fourth-order valence-corrected chi connectivity index (χ4v) is 2.72. The lowest BCUT2D eigenvalue weighted by Crippen LogP contribution is -2.26. The summed E-state index contributed by atoms with van der Waals surface area (Å²) in [5.74, 6) is 0.331. The van der Waals surface area contributed by atoms with E-state index in [2.05, 4.69) is 5.10 Å². The number of carboxylic acid groups (broad SMARTS) is 1. The van der Waals surface area contributed by atoms with E-state index in [9.17, 15) is 20.0 Å². The molecule has 8 nitrogen and oxygen atoms in total. The van der Waals surface area contributed by atoms with E-state index in [0.29, 0.717) is 11.5 Å². The second-order valence-electron chi connectivity index (χ2n) is 7.28. The van der Waals surface area contributed by atoms with E-state index in [0.717, 1.165) is 10.6 Å². The number of rotatable bonds is 4. The number of nitrogens with zero attached hydrogens (tertiary/aromatic N) is 4.